The molecule has 0 spiro atoms. The third kappa shape index (κ3) is 4.37. The summed E-state index contributed by atoms with van der Waals surface area (Å²) in [7, 11) is 1.73. The summed E-state index contributed by atoms with van der Waals surface area (Å²) in [4.78, 5) is 33.0. The van der Waals surface area contributed by atoms with Crippen LogP contribution < -0.4 is 5.32 Å². The van der Waals surface area contributed by atoms with E-state index in [0.29, 0.717) is 31.6 Å². The highest BCUT2D eigenvalue weighted by atomic mass is 16.3. The summed E-state index contributed by atoms with van der Waals surface area (Å²) in [6.07, 6.45) is 1.45. The molecular formula is C23H28N4O3. The smallest absolute Gasteiger partial charge is 0.272 e. The van der Waals surface area contributed by atoms with E-state index >= 15 is 0 Å². The molecule has 2 heterocycles. The van der Waals surface area contributed by atoms with Gasteiger partial charge in [-0.05, 0) is 30.5 Å². The lowest BCUT2D eigenvalue weighted by atomic mass is 10.1. The number of aliphatic hydroxyl groups excluding tert-OH is 1. The van der Waals surface area contributed by atoms with Gasteiger partial charge in [0.1, 0.15) is 5.69 Å². The normalized spacial score (nSPS) is 24.5. The first-order valence-electron chi connectivity index (χ1n) is 10.5. The molecule has 158 valence electrons. The Balaban J connectivity index is 1.43. The van der Waals surface area contributed by atoms with Crippen molar-refractivity contribution in [2.45, 2.75) is 37.5 Å². The van der Waals surface area contributed by atoms with Crippen molar-refractivity contribution in [3.8, 4) is 0 Å². The SMILES string of the molecule is CN(C(=O)c1cccc(Cc2ccccc2)n1)[C@@H]1CC[C@@H](N2CCNC(=O)C2)[C@@H]1O. The van der Waals surface area contributed by atoms with Crippen LogP contribution in [0.15, 0.2) is 48.5 Å². The Kier molecular flexibility index (Phi) is 6.11. The Morgan fingerprint density at radius 2 is 2.00 bits per heavy atom. The van der Waals surface area contributed by atoms with Crippen LogP contribution in [0.3, 0.4) is 0 Å². The number of carbonyl (C=O) groups excluding carboxylic acids is 2. The first-order valence-corrected chi connectivity index (χ1v) is 10.5. The van der Waals surface area contributed by atoms with Gasteiger partial charge in [-0.15, -0.1) is 0 Å². The van der Waals surface area contributed by atoms with Gasteiger partial charge in [0.15, 0.2) is 0 Å². The highest BCUT2D eigenvalue weighted by Crippen LogP contribution is 2.29. The Hall–Kier alpha value is -2.77. The highest BCUT2D eigenvalue weighted by Gasteiger charge is 2.42. The number of benzene rings is 1. The van der Waals surface area contributed by atoms with Gasteiger partial charge in [-0.2, -0.15) is 0 Å². The van der Waals surface area contributed by atoms with Crippen LogP contribution in [0.1, 0.15) is 34.6 Å². The van der Waals surface area contributed by atoms with Crippen LogP contribution in [0.25, 0.3) is 0 Å². The molecule has 0 unspecified atom stereocenters. The van der Waals surface area contributed by atoms with E-state index in [1.165, 1.54) is 0 Å². The van der Waals surface area contributed by atoms with Crippen LogP contribution in [-0.4, -0.2) is 76.6 Å². The van der Waals surface area contributed by atoms with Gasteiger partial charge in [-0.1, -0.05) is 36.4 Å². The average Bonchev–Trinajstić information content (AvgIpc) is 3.15. The van der Waals surface area contributed by atoms with E-state index in [9.17, 15) is 14.7 Å². The van der Waals surface area contributed by atoms with Gasteiger partial charge in [-0.3, -0.25) is 14.5 Å². The van der Waals surface area contributed by atoms with Gasteiger partial charge in [0.05, 0.1) is 18.7 Å². The maximum atomic E-state index is 13.1. The lowest BCUT2D eigenvalue weighted by Crippen LogP contribution is -2.55. The molecule has 1 saturated heterocycles. The largest absolute Gasteiger partial charge is 0.389 e. The molecule has 1 aliphatic heterocycles. The van der Waals surface area contributed by atoms with Gasteiger partial charge < -0.3 is 15.3 Å². The molecule has 1 aromatic heterocycles. The number of pyridine rings is 1. The molecule has 3 atom stereocenters. The van der Waals surface area contributed by atoms with Crippen molar-refractivity contribution < 1.29 is 14.7 Å². The molecule has 2 aliphatic rings. The lowest BCUT2D eigenvalue weighted by molar-refractivity contribution is -0.125. The quantitative estimate of drug-likeness (QED) is 0.773. The molecule has 2 amide bonds. The molecule has 0 bridgehead atoms. The minimum atomic E-state index is -0.683. The second-order valence-electron chi connectivity index (χ2n) is 8.12. The van der Waals surface area contributed by atoms with Crippen molar-refractivity contribution in [1.82, 2.24) is 20.1 Å². The molecule has 2 fully saturated rings. The fourth-order valence-corrected chi connectivity index (χ4v) is 4.54. The number of aliphatic hydroxyl groups is 1. The van der Waals surface area contributed by atoms with Gasteiger partial charge in [0.25, 0.3) is 5.91 Å². The predicted molar refractivity (Wildman–Crippen MR) is 113 cm³/mol. The molecule has 30 heavy (non-hydrogen) atoms. The standard InChI is InChI=1S/C23H28N4O3/c1-26(19-10-11-20(22(19)29)27-13-12-24-21(28)15-27)23(30)18-9-5-8-17(25-18)14-16-6-3-2-4-7-16/h2-9,19-20,22,29H,10-15H2,1H3,(H,24,28)/t19-,20-,22-/m1/s1. The summed E-state index contributed by atoms with van der Waals surface area (Å²) in [5.74, 6) is -0.202. The van der Waals surface area contributed by atoms with Crippen molar-refractivity contribution in [2.75, 3.05) is 26.7 Å². The van der Waals surface area contributed by atoms with E-state index in [4.69, 9.17) is 0 Å². The first kappa shape index (κ1) is 20.5. The lowest BCUT2D eigenvalue weighted by Gasteiger charge is -2.35. The molecule has 1 saturated carbocycles. The fraction of sp³-hybridized carbons (Fsp3) is 0.435. The van der Waals surface area contributed by atoms with E-state index in [0.717, 1.165) is 24.2 Å². The van der Waals surface area contributed by atoms with Gasteiger partial charge in [0, 0.05) is 38.3 Å². The zero-order valence-electron chi connectivity index (χ0n) is 17.2. The van der Waals surface area contributed by atoms with Crippen LogP contribution in [0.4, 0.5) is 0 Å². The minimum Gasteiger partial charge on any atom is -0.389 e. The van der Waals surface area contributed by atoms with Crippen LogP contribution in [0.5, 0.6) is 0 Å². The van der Waals surface area contributed by atoms with Gasteiger partial charge in [-0.25, -0.2) is 4.98 Å². The summed E-state index contributed by atoms with van der Waals surface area (Å²) in [5.41, 5.74) is 2.37. The third-order valence-electron chi connectivity index (χ3n) is 6.16. The Bertz CT molecular complexity index is 904. The van der Waals surface area contributed by atoms with Crippen molar-refractivity contribution in [3.63, 3.8) is 0 Å². The summed E-state index contributed by atoms with van der Waals surface area (Å²) >= 11 is 0. The molecule has 2 N–H and O–H groups in total. The van der Waals surface area contributed by atoms with Crippen LogP contribution >= 0.6 is 0 Å². The number of nitrogens with one attached hydrogen (secondary N) is 1. The second kappa shape index (κ2) is 8.93. The molecule has 2 aromatic rings. The number of rotatable bonds is 5. The van der Waals surface area contributed by atoms with Crippen molar-refractivity contribution in [3.05, 3.63) is 65.5 Å². The van der Waals surface area contributed by atoms with Crippen molar-refractivity contribution >= 4 is 11.8 Å². The zero-order chi connectivity index (χ0) is 21.1. The summed E-state index contributed by atoms with van der Waals surface area (Å²) in [6.45, 7) is 1.62. The van der Waals surface area contributed by atoms with Crippen LogP contribution in [0, 0.1) is 0 Å². The maximum absolute atomic E-state index is 13.1. The second-order valence-corrected chi connectivity index (χ2v) is 8.12. The molecule has 7 heteroatoms. The summed E-state index contributed by atoms with van der Waals surface area (Å²) in [6, 6.07) is 15.1. The first-order chi connectivity index (χ1) is 14.5. The summed E-state index contributed by atoms with van der Waals surface area (Å²) < 4.78 is 0. The summed E-state index contributed by atoms with van der Waals surface area (Å²) in [5, 5.41) is 13.7. The monoisotopic (exact) mass is 408 g/mol. The molecule has 7 nitrogen and oxygen atoms in total. The van der Waals surface area contributed by atoms with Crippen LogP contribution in [-0.2, 0) is 11.2 Å². The van der Waals surface area contributed by atoms with E-state index < -0.39 is 6.10 Å². The Morgan fingerprint density at radius 1 is 1.20 bits per heavy atom. The maximum Gasteiger partial charge on any atom is 0.272 e. The minimum absolute atomic E-state index is 0.0132. The number of carbonyl (C=O) groups is 2. The number of amides is 2. The molecular weight excluding hydrogens is 380 g/mol. The van der Waals surface area contributed by atoms with Gasteiger partial charge >= 0.3 is 0 Å². The molecule has 4 rings (SSSR count). The highest BCUT2D eigenvalue weighted by molar-refractivity contribution is 5.92. The molecule has 1 aliphatic carbocycles. The number of hydrogen-bond donors (Lipinski definition) is 2. The van der Waals surface area contributed by atoms with E-state index in [1.807, 2.05) is 47.4 Å². The molecule has 0 radical (unpaired) electrons. The number of aromatic nitrogens is 1. The van der Waals surface area contributed by atoms with Crippen molar-refractivity contribution in [2.24, 2.45) is 0 Å². The number of piperazine rings is 1. The Labute approximate surface area is 176 Å². The van der Waals surface area contributed by atoms with E-state index in [2.05, 4.69) is 10.3 Å². The third-order valence-corrected chi connectivity index (χ3v) is 6.16. The average molecular weight is 409 g/mol. The van der Waals surface area contributed by atoms with Crippen molar-refractivity contribution in [1.29, 1.82) is 0 Å². The Morgan fingerprint density at radius 3 is 2.77 bits per heavy atom. The van der Waals surface area contributed by atoms with E-state index in [1.54, 1.807) is 18.0 Å². The van der Waals surface area contributed by atoms with E-state index in [-0.39, 0.29) is 23.9 Å². The van der Waals surface area contributed by atoms with Gasteiger partial charge in [0.2, 0.25) is 5.91 Å². The number of nitrogens with zero attached hydrogens (tertiary/aromatic N) is 3. The van der Waals surface area contributed by atoms with Crippen LogP contribution in [0.2, 0.25) is 0 Å². The number of likely N-dealkylation sites (N-methyl/N-ethyl adjacent to an activating group) is 1. The number of hydrogen-bond acceptors (Lipinski definition) is 5. The predicted octanol–water partition coefficient (Wildman–Crippen LogP) is 1.07. The fourth-order valence-electron chi connectivity index (χ4n) is 4.54. The zero-order valence-corrected chi connectivity index (χ0v) is 17.2. The topological polar surface area (TPSA) is 85.8 Å². The molecule has 1 aromatic carbocycles.